The molecule has 0 bridgehead atoms. The first-order valence-corrected chi connectivity index (χ1v) is 6.11. The number of nitrogens with zero attached hydrogens (tertiary/aromatic N) is 1. The Bertz CT molecular complexity index is 388. The molecular weight excluding hydrogens is 214 g/mol. The number of ether oxygens (including phenoxy) is 1. The van der Waals surface area contributed by atoms with Crippen LogP contribution < -0.4 is 11.1 Å². The molecular formula is C13H21N3O. The van der Waals surface area contributed by atoms with Crippen molar-refractivity contribution in [1.82, 2.24) is 4.98 Å². The fraction of sp³-hybridized carbons (Fsp3) is 0.615. The highest BCUT2D eigenvalue weighted by molar-refractivity contribution is 5.61. The number of methoxy groups -OCH3 is 1. The molecule has 0 atom stereocenters. The molecule has 1 fully saturated rings. The van der Waals surface area contributed by atoms with Crippen molar-refractivity contribution < 1.29 is 4.74 Å². The number of aromatic nitrogens is 1. The monoisotopic (exact) mass is 235 g/mol. The van der Waals surface area contributed by atoms with E-state index in [1.165, 1.54) is 12.8 Å². The van der Waals surface area contributed by atoms with E-state index in [-0.39, 0.29) is 0 Å². The molecule has 0 unspecified atom stereocenters. The third kappa shape index (κ3) is 3.09. The molecule has 0 aliphatic heterocycles. The second-order valence-electron chi connectivity index (χ2n) is 4.99. The number of pyridine rings is 1. The van der Waals surface area contributed by atoms with Crippen LogP contribution in [0.5, 0.6) is 0 Å². The number of hydrogen-bond donors (Lipinski definition) is 2. The van der Waals surface area contributed by atoms with Gasteiger partial charge in [-0.3, -0.25) is 0 Å². The Morgan fingerprint density at radius 3 is 2.88 bits per heavy atom. The lowest BCUT2D eigenvalue weighted by atomic mass is 10.0. The van der Waals surface area contributed by atoms with Gasteiger partial charge in [-0.1, -0.05) is 0 Å². The lowest BCUT2D eigenvalue weighted by Crippen LogP contribution is -2.18. The van der Waals surface area contributed by atoms with Crippen LogP contribution >= 0.6 is 0 Å². The molecule has 17 heavy (non-hydrogen) atoms. The molecule has 3 N–H and O–H groups in total. The van der Waals surface area contributed by atoms with Gasteiger partial charge in [-0.15, -0.1) is 0 Å². The Balaban J connectivity index is 1.91. The van der Waals surface area contributed by atoms with Crippen LogP contribution in [0.25, 0.3) is 0 Å². The third-order valence-corrected chi connectivity index (χ3v) is 3.49. The maximum Gasteiger partial charge on any atom is 0.149 e. The van der Waals surface area contributed by atoms with Gasteiger partial charge in [0.25, 0.3) is 0 Å². The van der Waals surface area contributed by atoms with E-state index in [1.807, 2.05) is 19.1 Å². The molecule has 1 aliphatic rings. The topological polar surface area (TPSA) is 60.2 Å². The van der Waals surface area contributed by atoms with Crippen LogP contribution in [-0.2, 0) is 4.74 Å². The van der Waals surface area contributed by atoms with Crippen LogP contribution in [-0.4, -0.2) is 25.2 Å². The van der Waals surface area contributed by atoms with Gasteiger partial charge >= 0.3 is 0 Å². The van der Waals surface area contributed by atoms with E-state index < -0.39 is 0 Å². The van der Waals surface area contributed by atoms with Crippen molar-refractivity contribution in [3.63, 3.8) is 0 Å². The van der Waals surface area contributed by atoms with Gasteiger partial charge in [0.2, 0.25) is 0 Å². The number of anilines is 2. The van der Waals surface area contributed by atoms with Crippen LogP contribution in [0.15, 0.2) is 12.1 Å². The van der Waals surface area contributed by atoms with Crippen molar-refractivity contribution >= 4 is 11.5 Å². The Hall–Kier alpha value is -1.29. The van der Waals surface area contributed by atoms with Crippen molar-refractivity contribution in [2.45, 2.75) is 26.2 Å². The average molecular weight is 235 g/mol. The van der Waals surface area contributed by atoms with Gasteiger partial charge in [-0.25, -0.2) is 4.98 Å². The molecule has 0 aromatic carbocycles. The summed E-state index contributed by atoms with van der Waals surface area (Å²) in [5, 5.41) is 3.37. The van der Waals surface area contributed by atoms with E-state index in [2.05, 4.69) is 10.3 Å². The lowest BCUT2D eigenvalue weighted by Gasteiger charge is -2.17. The molecule has 94 valence electrons. The summed E-state index contributed by atoms with van der Waals surface area (Å²) in [6.07, 6.45) is 3.66. The van der Waals surface area contributed by atoms with Crippen molar-refractivity contribution in [2.75, 3.05) is 31.3 Å². The van der Waals surface area contributed by atoms with Crippen LogP contribution in [0, 0.1) is 12.3 Å². The van der Waals surface area contributed by atoms with Gasteiger partial charge < -0.3 is 15.8 Å². The number of rotatable bonds is 6. The molecule has 1 saturated carbocycles. The largest absolute Gasteiger partial charge is 0.396 e. The van der Waals surface area contributed by atoms with E-state index >= 15 is 0 Å². The summed E-state index contributed by atoms with van der Waals surface area (Å²) in [7, 11) is 1.75. The molecule has 4 heteroatoms. The molecule has 1 heterocycles. The van der Waals surface area contributed by atoms with Gasteiger partial charge in [0, 0.05) is 26.0 Å². The number of aryl methyl sites for hydroxylation is 1. The zero-order chi connectivity index (χ0) is 12.3. The average Bonchev–Trinajstić information content (AvgIpc) is 3.09. The smallest absolute Gasteiger partial charge is 0.149 e. The number of hydrogen-bond acceptors (Lipinski definition) is 4. The van der Waals surface area contributed by atoms with Crippen molar-refractivity contribution in [2.24, 2.45) is 5.41 Å². The predicted molar refractivity (Wildman–Crippen MR) is 70.0 cm³/mol. The standard InChI is InChI=1S/C13H21N3O/c1-10-3-4-11(14)12(16-10)15-9-13(5-6-13)7-8-17-2/h3-4H,5-9,14H2,1-2H3,(H,15,16). The molecule has 0 radical (unpaired) electrons. The van der Waals surface area contributed by atoms with Gasteiger partial charge in [-0.2, -0.15) is 0 Å². The lowest BCUT2D eigenvalue weighted by molar-refractivity contribution is 0.175. The predicted octanol–water partition coefficient (Wildman–Crippen LogP) is 2.20. The van der Waals surface area contributed by atoms with Crippen LogP contribution in [0.1, 0.15) is 25.0 Å². The summed E-state index contributed by atoms with van der Waals surface area (Å²) in [6, 6.07) is 3.83. The normalized spacial score (nSPS) is 16.8. The number of nitrogens with two attached hydrogens (primary N) is 1. The first-order chi connectivity index (χ1) is 8.15. The molecule has 0 spiro atoms. The molecule has 1 aliphatic carbocycles. The fourth-order valence-corrected chi connectivity index (χ4v) is 1.99. The minimum atomic E-state index is 0.411. The Kier molecular flexibility index (Phi) is 3.52. The molecule has 1 aromatic rings. The third-order valence-electron chi connectivity index (χ3n) is 3.49. The van der Waals surface area contributed by atoms with Crippen LogP contribution in [0.4, 0.5) is 11.5 Å². The minimum absolute atomic E-state index is 0.411. The van der Waals surface area contributed by atoms with Crippen LogP contribution in [0.2, 0.25) is 0 Å². The van der Waals surface area contributed by atoms with E-state index in [9.17, 15) is 0 Å². The summed E-state index contributed by atoms with van der Waals surface area (Å²) in [5.41, 5.74) is 8.01. The quantitative estimate of drug-likeness (QED) is 0.793. The summed E-state index contributed by atoms with van der Waals surface area (Å²) < 4.78 is 5.14. The Labute approximate surface area is 103 Å². The van der Waals surface area contributed by atoms with Crippen molar-refractivity contribution in [3.8, 4) is 0 Å². The zero-order valence-corrected chi connectivity index (χ0v) is 10.6. The molecule has 0 amide bonds. The molecule has 4 nitrogen and oxygen atoms in total. The van der Waals surface area contributed by atoms with Gasteiger partial charge in [-0.05, 0) is 43.7 Å². The fourth-order valence-electron chi connectivity index (χ4n) is 1.99. The number of nitrogen functional groups attached to an aromatic ring is 1. The van der Waals surface area contributed by atoms with Crippen LogP contribution in [0.3, 0.4) is 0 Å². The maximum atomic E-state index is 5.89. The highest BCUT2D eigenvalue weighted by atomic mass is 16.5. The minimum Gasteiger partial charge on any atom is -0.396 e. The number of nitrogens with one attached hydrogen (secondary N) is 1. The summed E-state index contributed by atoms with van der Waals surface area (Å²) >= 11 is 0. The van der Waals surface area contributed by atoms with Crippen molar-refractivity contribution in [3.05, 3.63) is 17.8 Å². The van der Waals surface area contributed by atoms with Gasteiger partial charge in [0.1, 0.15) is 5.82 Å². The second-order valence-corrected chi connectivity index (χ2v) is 4.99. The van der Waals surface area contributed by atoms with E-state index in [4.69, 9.17) is 10.5 Å². The highest BCUT2D eigenvalue weighted by Gasteiger charge is 2.41. The second kappa shape index (κ2) is 4.92. The van der Waals surface area contributed by atoms with Gasteiger partial charge in [0.15, 0.2) is 0 Å². The summed E-state index contributed by atoms with van der Waals surface area (Å²) in [6.45, 7) is 3.75. The first-order valence-electron chi connectivity index (χ1n) is 6.11. The first kappa shape index (κ1) is 12.2. The van der Waals surface area contributed by atoms with E-state index in [0.717, 1.165) is 36.8 Å². The zero-order valence-electron chi connectivity index (χ0n) is 10.6. The molecule has 0 saturated heterocycles. The van der Waals surface area contributed by atoms with E-state index in [1.54, 1.807) is 7.11 Å². The summed E-state index contributed by atoms with van der Waals surface area (Å²) in [4.78, 5) is 4.42. The maximum absolute atomic E-state index is 5.89. The van der Waals surface area contributed by atoms with Crippen molar-refractivity contribution in [1.29, 1.82) is 0 Å². The SMILES string of the molecule is COCCC1(CNc2nc(C)ccc2N)CC1. The van der Waals surface area contributed by atoms with Gasteiger partial charge in [0.05, 0.1) is 5.69 Å². The Morgan fingerprint density at radius 2 is 2.24 bits per heavy atom. The van der Waals surface area contributed by atoms with E-state index in [0.29, 0.717) is 5.41 Å². The Morgan fingerprint density at radius 1 is 1.47 bits per heavy atom. The molecule has 1 aromatic heterocycles. The molecule has 2 rings (SSSR count). The summed E-state index contributed by atoms with van der Waals surface area (Å²) in [5.74, 6) is 0.814. The highest BCUT2D eigenvalue weighted by Crippen LogP contribution is 2.48.